The summed E-state index contributed by atoms with van der Waals surface area (Å²) in [7, 11) is 0. The van der Waals surface area contributed by atoms with Crippen molar-refractivity contribution in [1.29, 1.82) is 0 Å². The van der Waals surface area contributed by atoms with Gasteiger partial charge in [-0.1, -0.05) is 68.7 Å². The summed E-state index contributed by atoms with van der Waals surface area (Å²) >= 11 is 0. The second-order valence-corrected chi connectivity index (χ2v) is 11.0. The van der Waals surface area contributed by atoms with Crippen molar-refractivity contribution in [3.63, 3.8) is 0 Å². The van der Waals surface area contributed by atoms with Crippen LogP contribution < -0.4 is 0 Å². The van der Waals surface area contributed by atoms with Gasteiger partial charge in [-0.25, -0.2) is 0 Å². The third-order valence-electron chi connectivity index (χ3n) is 6.95. The van der Waals surface area contributed by atoms with Crippen LogP contribution in [0.5, 0.6) is 0 Å². The van der Waals surface area contributed by atoms with Gasteiger partial charge in [0.15, 0.2) is 0 Å². The van der Waals surface area contributed by atoms with Crippen LogP contribution in [0.1, 0.15) is 94.4 Å². The van der Waals surface area contributed by atoms with Crippen molar-refractivity contribution >= 4 is 12.2 Å². The molecule has 152 valence electrons. The van der Waals surface area contributed by atoms with Crippen molar-refractivity contribution in [3.05, 3.63) is 0 Å². The average molecular weight is 366 g/mol. The van der Waals surface area contributed by atoms with Crippen molar-refractivity contribution < 1.29 is 9.59 Å². The lowest BCUT2D eigenvalue weighted by atomic mass is 9.55. The Hall–Kier alpha value is -0.860. The molecule has 0 radical (unpaired) electrons. The topological polar surface area (TPSA) is 37.4 Å². The zero-order valence-corrected chi connectivity index (χ0v) is 18.8. The molecule has 1 fully saturated rings. The van der Waals surface area contributed by atoms with Crippen molar-refractivity contribution in [2.45, 2.75) is 100 Å². The summed E-state index contributed by atoms with van der Waals surface area (Å²) in [6.07, 6.45) is 5.91. The van der Waals surface area contributed by atoms with E-state index in [9.17, 15) is 9.59 Å². The van der Waals surface area contributed by atoms with Gasteiger partial charge in [-0.15, -0.1) is 0 Å². The molecule has 0 aromatic carbocycles. The van der Waals surface area contributed by atoms with Gasteiger partial charge >= 0.3 is 0 Å². The molecule has 1 aliphatic rings. The Morgan fingerprint density at radius 1 is 1.00 bits per heavy atom. The Balaban J connectivity index is 3.29. The number of carbonyl (C=O) groups excluding carboxylic acids is 2. The SMILES string of the molecule is CC(C)C(C=O)CC(C)(C)C(C)(C)C(N1CCCCCC1=O)C(C)(C)C. The van der Waals surface area contributed by atoms with Gasteiger partial charge in [0.25, 0.3) is 0 Å². The van der Waals surface area contributed by atoms with Gasteiger partial charge in [0, 0.05) is 24.9 Å². The number of aldehydes is 1. The fourth-order valence-corrected chi connectivity index (χ4v) is 4.88. The predicted molar refractivity (Wildman–Crippen MR) is 110 cm³/mol. The van der Waals surface area contributed by atoms with Crippen molar-refractivity contribution in [3.8, 4) is 0 Å². The quantitative estimate of drug-likeness (QED) is 0.541. The van der Waals surface area contributed by atoms with Crippen LogP contribution in [0.3, 0.4) is 0 Å². The number of hydrogen-bond acceptors (Lipinski definition) is 2. The molecule has 1 saturated heterocycles. The number of hydrogen-bond donors (Lipinski definition) is 0. The molecule has 0 saturated carbocycles. The van der Waals surface area contributed by atoms with Crippen LogP contribution in [-0.2, 0) is 9.59 Å². The summed E-state index contributed by atoms with van der Waals surface area (Å²) in [4.78, 5) is 26.8. The molecule has 1 amide bonds. The van der Waals surface area contributed by atoms with Crippen LogP contribution in [0.15, 0.2) is 0 Å². The molecule has 26 heavy (non-hydrogen) atoms. The molecule has 1 rings (SSSR count). The van der Waals surface area contributed by atoms with Crippen LogP contribution in [-0.4, -0.2) is 29.7 Å². The van der Waals surface area contributed by atoms with E-state index in [-0.39, 0.29) is 28.2 Å². The Bertz CT molecular complexity index is 485. The lowest BCUT2D eigenvalue weighted by Crippen LogP contribution is -2.59. The van der Waals surface area contributed by atoms with Crippen LogP contribution in [0.25, 0.3) is 0 Å². The molecule has 0 aromatic rings. The molecule has 2 unspecified atom stereocenters. The fraction of sp³-hybridized carbons (Fsp3) is 0.913. The van der Waals surface area contributed by atoms with Crippen molar-refractivity contribution in [1.82, 2.24) is 4.90 Å². The smallest absolute Gasteiger partial charge is 0.222 e. The number of likely N-dealkylation sites (tertiary alicyclic amines) is 1. The lowest BCUT2D eigenvalue weighted by Gasteiger charge is -2.56. The molecule has 3 heteroatoms. The summed E-state index contributed by atoms with van der Waals surface area (Å²) in [6.45, 7) is 21.1. The highest BCUT2D eigenvalue weighted by Crippen LogP contribution is 2.52. The van der Waals surface area contributed by atoms with Gasteiger partial charge in [0.1, 0.15) is 6.29 Å². The van der Waals surface area contributed by atoms with Gasteiger partial charge in [-0.05, 0) is 41.4 Å². The van der Waals surface area contributed by atoms with Gasteiger partial charge in [-0.2, -0.15) is 0 Å². The summed E-state index contributed by atoms with van der Waals surface area (Å²) in [5.41, 5.74) is -0.190. The molecule has 0 aliphatic carbocycles. The molecular weight excluding hydrogens is 322 g/mol. The van der Waals surface area contributed by atoms with E-state index in [2.05, 4.69) is 67.2 Å². The minimum Gasteiger partial charge on any atom is -0.339 e. The largest absolute Gasteiger partial charge is 0.339 e. The first-order valence-electron chi connectivity index (χ1n) is 10.5. The Kier molecular flexibility index (Phi) is 7.52. The molecule has 1 aliphatic heterocycles. The van der Waals surface area contributed by atoms with E-state index < -0.39 is 0 Å². The lowest BCUT2D eigenvalue weighted by molar-refractivity contribution is -0.145. The maximum atomic E-state index is 12.9. The van der Waals surface area contributed by atoms with E-state index in [0.717, 1.165) is 38.5 Å². The van der Waals surface area contributed by atoms with E-state index in [1.165, 1.54) is 0 Å². The summed E-state index contributed by atoms with van der Waals surface area (Å²) in [5, 5.41) is 0. The van der Waals surface area contributed by atoms with E-state index in [1.807, 2.05) is 0 Å². The molecular formula is C23H43NO2. The van der Waals surface area contributed by atoms with Gasteiger partial charge in [0.05, 0.1) is 0 Å². The van der Waals surface area contributed by atoms with E-state index >= 15 is 0 Å². The Morgan fingerprint density at radius 3 is 2.04 bits per heavy atom. The molecule has 1 heterocycles. The highest BCUT2D eigenvalue weighted by atomic mass is 16.2. The molecule has 2 atom stereocenters. The summed E-state index contributed by atoms with van der Waals surface area (Å²) in [5.74, 6) is 0.710. The van der Waals surface area contributed by atoms with Crippen LogP contribution in [0.2, 0.25) is 0 Å². The van der Waals surface area contributed by atoms with Crippen molar-refractivity contribution in [2.24, 2.45) is 28.1 Å². The first-order valence-corrected chi connectivity index (χ1v) is 10.5. The average Bonchev–Trinajstić information content (AvgIpc) is 2.68. The number of rotatable bonds is 7. The normalized spacial score (nSPS) is 20.1. The van der Waals surface area contributed by atoms with E-state index in [1.54, 1.807) is 0 Å². The third-order valence-corrected chi connectivity index (χ3v) is 6.95. The molecule has 3 nitrogen and oxygen atoms in total. The standard InChI is InChI=1S/C23H43NO2/c1-17(2)18(16-25)15-22(6,7)23(8,9)20(21(3,4)5)24-14-12-10-11-13-19(24)26/h16-18,20H,10-15H2,1-9H3. The van der Waals surface area contributed by atoms with Crippen molar-refractivity contribution in [2.75, 3.05) is 6.54 Å². The highest BCUT2D eigenvalue weighted by molar-refractivity contribution is 5.77. The predicted octanol–water partition coefficient (Wildman–Crippen LogP) is 5.72. The number of nitrogens with zero attached hydrogens (tertiary/aromatic N) is 1. The fourth-order valence-electron chi connectivity index (χ4n) is 4.88. The summed E-state index contributed by atoms with van der Waals surface area (Å²) in [6, 6.07) is 0.148. The van der Waals surface area contributed by atoms with Crippen LogP contribution >= 0.6 is 0 Å². The monoisotopic (exact) mass is 365 g/mol. The Labute approximate surface area is 162 Å². The van der Waals surface area contributed by atoms with E-state index in [4.69, 9.17) is 0 Å². The zero-order valence-electron chi connectivity index (χ0n) is 18.8. The second-order valence-electron chi connectivity index (χ2n) is 11.0. The maximum Gasteiger partial charge on any atom is 0.222 e. The zero-order chi connectivity index (χ0) is 20.3. The number of carbonyl (C=O) groups is 2. The Morgan fingerprint density at radius 2 is 1.58 bits per heavy atom. The van der Waals surface area contributed by atoms with Gasteiger partial charge < -0.3 is 9.69 Å². The molecule has 0 aromatic heterocycles. The minimum atomic E-state index is -0.110. The second kappa shape index (κ2) is 8.44. The number of amides is 1. The molecule has 0 spiro atoms. The van der Waals surface area contributed by atoms with Crippen LogP contribution in [0.4, 0.5) is 0 Å². The molecule has 0 bridgehead atoms. The first kappa shape index (κ1) is 23.2. The molecule has 0 N–H and O–H groups in total. The maximum absolute atomic E-state index is 12.9. The third kappa shape index (κ3) is 5.10. The van der Waals surface area contributed by atoms with Gasteiger partial charge in [-0.3, -0.25) is 4.79 Å². The highest BCUT2D eigenvalue weighted by Gasteiger charge is 2.51. The van der Waals surface area contributed by atoms with Crippen LogP contribution in [0, 0.1) is 28.1 Å². The summed E-state index contributed by atoms with van der Waals surface area (Å²) < 4.78 is 0. The minimum absolute atomic E-state index is 0.0186. The van der Waals surface area contributed by atoms with E-state index in [0.29, 0.717) is 18.2 Å². The first-order chi connectivity index (χ1) is 11.8. The van der Waals surface area contributed by atoms with Gasteiger partial charge in [0.2, 0.25) is 5.91 Å².